The summed E-state index contributed by atoms with van der Waals surface area (Å²) in [5.74, 6) is -0.128. The maximum atomic E-state index is 12.5. The topological polar surface area (TPSA) is 116 Å². The molecular weight excluding hydrogens is 903 g/mol. The minimum Gasteiger partial charge on any atom is -0.466 e. The first kappa shape index (κ1) is 71.0. The number of amides is 1. The maximum Gasteiger partial charge on any atom is 0.305 e. The van der Waals surface area contributed by atoms with Gasteiger partial charge in [-0.15, -0.1) is 0 Å². The molecule has 7 nitrogen and oxygen atoms in total. The summed E-state index contributed by atoms with van der Waals surface area (Å²) in [5.41, 5.74) is 0. The van der Waals surface area contributed by atoms with Gasteiger partial charge in [0.25, 0.3) is 0 Å². The molecule has 1 amide bonds. The Kier molecular flexibility index (Phi) is 59.3. The molecule has 0 radical (unpaired) electrons. The standard InChI is InChI=1S/C66H125NO6/c1-3-5-7-9-11-13-15-16-30-34-37-41-45-49-53-57-66(72)73-60-54-50-46-42-38-35-32-29-27-25-23-21-19-17-18-20-22-24-26-28-31-33-36-40-44-48-52-56-65(71)67-63(61-68)64(70)59-58-62(69)55-51-47-43-39-14-12-10-8-6-4-2/h11,13,16,30,58-59,62-64,68-70H,3-10,12,14-15,17-29,31-57,60-61H2,1-2H3,(H,67,71)/b13-11-,30-16-,59-58+/t62-,63+,64-/m1/s1. The molecule has 0 aliphatic rings. The highest BCUT2D eigenvalue weighted by molar-refractivity contribution is 5.76. The van der Waals surface area contributed by atoms with Crippen molar-refractivity contribution in [2.24, 2.45) is 0 Å². The summed E-state index contributed by atoms with van der Waals surface area (Å²) < 4.78 is 5.48. The van der Waals surface area contributed by atoms with Gasteiger partial charge in [0.2, 0.25) is 5.91 Å². The van der Waals surface area contributed by atoms with Gasteiger partial charge in [0, 0.05) is 12.8 Å². The summed E-state index contributed by atoms with van der Waals surface area (Å²) in [6, 6.07) is -0.748. The second kappa shape index (κ2) is 60.9. The van der Waals surface area contributed by atoms with Crippen LogP contribution in [0.3, 0.4) is 0 Å². The SMILES string of the molecule is CCCCC/C=C\C/C=C\CCCCCCCC(=O)OCCCCCCCCCCCCCCCCCCCCCCCCCCCCCC(=O)N[C@@H](CO)[C@H](O)/C=C/[C@H](O)CCCCCCCCCCCC. The van der Waals surface area contributed by atoms with E-state index in [0.717, 1.165) is 57.8 Å². The molecule has 0 saturated carbocycles. The molecule has 0 saturated heterocycles. The van der Waals surface area contributed by atoms with Crippen molar-refractivity contribution in [1.82, 2.24) is 5.32 Å². The number of carbonyl (C=O) groups is 2. The van der Waals surface area contributed by atoms with Gasteiger partial charge in [-0.2, -0.15) is 0 Å². The van der Waals surface area contributed by atoms with Crippen LogP contribution in [-0.4, -0.2) is 58.7 Å². The molecule has 0 rings (SSSR count). The van der Waals surface area contributed by atoms with Gasteiger partial charge in [0.05, 0.1) is 31.5 Å². The van der Waals surface area contributed by atoms with Crippen molar-refractivity contribution in [3.8, 4) is 0 Å². The Balaban J connectivity index is 3.40. The highest BCUT2D eigenvalue weighted by Crippen LogP contribution is 2.18. The molecule has 0 aliphatic carbocycles. The lowest BCUT2D eigenvalue weighted by Crippen LogP contribution is -2.45. The minimum absolute atomic E-state index is 0.000923. The molecule has 0 bridgehead atoms. The molecule has 73 heavy (non-hydrogen) atoms. The summed E-state index contributed by atoms with van der Waals surface area (Å²) >= 11 is 0. The molecule has 7 heteroatoms. The van der Waals surface area contributed by atoms with Crippen LogP contribution in [0.15, 0.2) is 36.5 Å². The highest BCUT2D eigenvalue weighted by atomic mass is 16.5. The second-order valence-electron chi connectivity index (χ2n) is 22.3. The van der Waals surface area contributed by atoms with Gasteiger partial charge in [-0.25, -0.2) is 0 Å². The van der Waals surface area contributed by atoms with Crippen molar-refractivity contribution in [2.75, 3.05) is 13.2 Å². The third-order valence-corrected chi connectivity index (χ3v) is 15.0. The monoisotopic (exact) mass is 1030 g/mol. The fourth-order valence-corrected chi connectivity index (χ4v) is 9.98. The van der Waals surface area contributed by atoms with E-state index in [1.807, 2.05) is 0 Å². The lowest BCUT2D eigenvalue weighted by atomic mass is 10.0. The molecule has 0 aliphatic heterocycles. The third-order valence-electron chi connectivity index (χ3n) is 15.0. The van der Waals surface area contributed by atoms with E-state index in [1.165, 1.54) is 256 Å². The smallest absolute Gasteiger partial charge is 0.305 e. The van der Waals surface area contributed by atoms with Crippen molar-refractivity contribution in [3.63, 3.8) is 0 Å². The van der Waals surface area contributed by atoms with E-state index < -0.39 is 18.2 Å². The van der Waals surface area contributed by atoms with Crippen molar-refractivity contribution in [2.45, 2.75) is 360 Å². The molecule has 0 aromatic carbocycles. The Morgan fingerprint density at radius 1 is 0.411 bits per heavy atom. The molecule has 0 fully saturated rings. The van der Waals surface area contributed by atoms with Crippen LogP contribution in [0.1, 0.15) is 341 Å². The lowest BCUT2D eigenvalue weighted by molar-refractivity contribution is -0.143. The summed E-state index contributed by atoms with van der Waals surface area (Å²) in [7, 11) is 0. The number of nitrogens with one attached hydrogen (secondary N) is 1. The van der Waals surface area contributed by atoms with Gasteiger partial charge >= 0.3 is 5.97 Å². The molecule has 0 heterocycles. The maximum absolute atomic E-state index is 12.5. The van der Waals surface area contributed by atoms with E-state index in [-0.39, 0.29) is 18.5 Å². The Labute approximate surface area is 454 Å². The molecule has 0 aromatic heterocycles. The first-order chi connectivity index (χ1) is 35.9. The summed E-state index contributed by atoms with van der Waals surface area (Å²) in [4.78, 5) is 24.5. The van der Waals surface area contributed by atoms with Gasteiger partial charge in [0.15, 0.2) is 0 Å². The van der Waals surface area contributed by atoms with Crippen molar-refractivity contribution < 1.29 is 29.6 Å². The zero-order valence-corrected chi connectivity index (χ0v) is 48.7. The largest absolute Gasteiger partial charge is 0.466 e. The number of hydrogen-bond acceptors (Lipinski definition) is 6. The number of ether oxygens (including phenoxy) is 1. The van der Waals surface area contributed by atoms with Crippen LogP contribution in [0.4, 0.5) is 0 Å². The van der Waals surface area contributed by atoms with Gasteiger partial charge in [-0.3, -0.25) is 9.59 Å². The molecule has 0 aromatic rings. The first-order valence-corrected chi connectivity index (χ1v) is 32.3. The Hall–Kier alpha value is -1.96. The number of allylic oxidation sites excluding steroid dienone is 4. The molecule has 0 unspecified atom stereocenters. The molecule has 4 N–H and O–H groups in total. The fourth-order valence-electron chi connectivity index (χ4n) is 9.98. The Morgan fingerprint density at radius 3 is 1.18 bits per heavy atom. The van der Waals surface area contributed by atoms with Gasteiger partial charge in [0.1, 0.15) is 0 Å². The van der Waals surface area contributed by atoms with E-state index in [9.17, 15) is 24.9 Å². The lowest BCUT2D eigenvalue weighted by Gasteiger charge is -2.20. The molecule has 430 valence electrons. The number of aliphatic hydroxyl groups excluding tert-OH is 3. The first-order valence-electron chi connectivity index (χ1n) is 32.3. The third kappa shape index (κ3) is 57.6. The fraction of sp³-hybridized carbons (Fsp3) is 0.879. The predicted molar refractivity (Wildman–Crippen MR) is 316 cm³/mol. The summed E-state index contributed by atoms with van der Waals surface area (Å²) in [6.45, 7) is 4.77. The van der Waals surface area contributed by atoms with Crippen LogP contribution >= 0.6 is 0 Å². The number of aliphatic hydroxyl groups is 3. The van der Waals surface area contributed by atoms with Gasteiger partial charge in [-0.05, 0) is 57.8 Å². The zero-order valence-electron chi connectivity index (χ0n) is 48.7. The normalized spacial score (nSPS) is 13.2. The van der Waals surface area contributed by atoms with E-state index in [1.54, 1.807) is 6.08 Å². The average molecular weight is 1030 g/mol. The van der Waals surface area contributed by atoms with E-state index in [0.29, 0.717) is 25.9 Å². The highest BCUT2D eigenvalue weighted by Gasteiger charge is 2.18. The van der Waals surface area contributed by atoms with Crippen LogP contribution in [0, 0.1) is 0 Å². The van der Waals surface area contributed by atoms with E-state index >= 15 is 0 Å². The molecule has 3 atom stereocenters. The van der Waals surface area contributed by atoms with Crippen LogP contribution < -0.4 is 5.32 Å². The van der Waals surface area contributed by atoms with Crippen LogP contribution in [0.25, 0.3) is 0 Å². The molecular formula is C66H125NO6. The van der Waals surface area contributed by atoms with Gasteiger partial charge < -0.3 is 25.4 Å². The predicted octanol–water partition coefficient (Wildman–Crippen LogP) is 19.3. The molecule has 0 spiro atoms. The van der Waals surface area contributed by atoms with Crippen molar-refractivity contribution in [3.05, 3.63) is 36.5 Å². The van der Waals surface area contributed by atoms with Crippen molar-refractivity contribution >= 4 is 11.9 Å². The minimum atomic E-state index is -1.02. The number of hydrogen-bond donors (Lipinski definition) is 4. The Morgan fingerprint density at radius 2 is 0.753 bits per heavy atom. The second-order valence-corrected chi connectivity index (χ2v) is 22.3. The number of esters is 1. The quantitative estimate of drug-likeness (QED) is 0.0274. The van der Waals surface area contributed by atoms with Gasteiger partial charge in [-0.1, -0.05) is 307 Å². The Bertz CT molecular complexity index is 1200. The van der Waals surface area contributed by atoms with Crippen LogP contribution in [-0.2, 0) is 14.3 Å². The zero-order chi connectivity index (χ0) is 53.0. The number of rotatable bonds is 60. The number of unbranched alkanes of at least 4 members (excludes halogenated alkanes) is 43. The number of carbonyl (C=O) groups excluding carboxylic acids is 2. The van der Waals surface area contributed by atoms with Crippen molar-refractivity contribution in [1.29, 1.82) is 0 Å². The summed E-state index contributed by atoms with van der Waals surface area (Å²) in [6.07, 6.45) is 73.6. The van der Waals surface area contributed by atoms with E-state index in [2.05, 4.69) is 43.5 Å². The van der Waals surface area contributed by atoms with Crippen LogP contribution in [0.5, 0.6) is 0 Å². The summed E-state index contributed by atoms with van der Waals surface area (Å²) in [5, 5.41) is 33.3. The average Bonchev–Trinajstić information content (AvgIpc) is 3.39. The van der Waals surface area contributed by atoms with Crippen LogP contribution in [0.2, 0.25) is 0 Å². The van der Waals surface area contributed by atoms with E-state index in [4.69, 9.17) is 4.74 Å².